The lowest BCUT2D eigenvalue weighted by atomic mass is 10.1. The highest BCUT2D eigenvalue weighted by Gasteiger charge is 2.09. The smallest absolute Gasteiger partial charge is 0.248 e. The Morgan fingerprint density at radius 2 is 2.23 bits per heavy atom. The molecular formula is C16H21BrN2O2S. The quantitative estimate of drug-likeness (QED) is 0.706. The molecule has 0 atom stereocenters. The van der Waals surface area contributed by atoms with Crippen molar-refractivity contribution in [2.45, 2.75) is 33.7 Å². The first kappa shape index (κ1) is 17.4. The first-order chi connectivity index (χ1) is 10.5. The van der Waals surface area contributed by atoms with E-state index >= 15 is 0 Å². The summed E-state index contributed by atoms with van der Waals surface area (Å²) in [6.45, 7) is 8.03. The number of aromatic nitrogens is 1. The number of carbonyl (C=O) groups is 1. The number of amides is 1. The molecule has 2 rings (SSSR count). The zero-order valence-electron chi connectivity index (χ0n) is 13.1. The molecule has 4 nitrogen and oxygen atoms in total. The van der Waals surface area contributed by atoms with Gasteiger partial charge in [-0.1, -0.05) is 41.1 Å². The number of carbonyl (C=O) groups excluding carboxylic acids is 1. The zero-order chi connectivity index (χ0) is 16.1. The number of fused-ring (bicyclic) bond motifs is 1. The van der Waals surface area contributed by atoms with Crippen molar-refractivity contribution in [1.29, 1.82) is 0 Å². The Hall–Kier alpha value is -0.980. The van der Waals surface area contributed by atoms with E-state index in [9.17, 15) is 4.79 Å². The molecule has 0 aliphatic rings. The molecule has 0 bridgehead atoms. The summed E-state index contributed by atoms with van der Waals surface area (Å²) < 4.78 is 9.66. The maximum Gasteiger partial charge on any atom is 0.248 e. The second-order valence-corrected chi connectivity index (χ2v) is 7.37. The molecule has 0 saturated heterocycles. The van der Waals surface area contributed by atoms with Crippen molar-refractivity contribution < 1.29 is 9.53 Å². The van der Waals surface area contributed by atoms with Crippen LogP contribution in [0.2, 0.25) is 0 Å². The average molecular weight is 385 g/mol. The van der Waals surface area contributed by atoms with Gasteiger partial charge in [0.15, 0.2) is 4.80 Å². The number of ether oxygens (including phenoxy) is 1. The van der Waals surface area contributed by atoms with Crippen LogP contribution < -0.4 is 4.80 Å². The van der Waals surface area contributed by atoms with E-state index in [2.05, 4.69) is 31.6 Å². The molecule has 0 aliphatic heterocycles. The van der Waals surface area contributed by atoms with Gasteiger partial charge in [0.2, 0.25) is 5.91 Å². The van der Waals surface area contributed by atoms with Crippen molar-refractivity contribution in [3.8, 4) is 0 Å². The number of thiazole rings is 1. The maximum atomic E-state index is 12.0. The number of rotatable bonds is 6. The molecule has 0 unspecified atom stereocenters. The van der Waals surface area contributed by atoms with Gasteiger partial charge in [0.25, 0.3) is 0 Å². The van der Waals surface area contributed by atoms with Crippen molar-refractivity contribution in [3.63, 3.8) is 0 Å². The predicted molar refractivity (Wildman–Crippen MR) is 94.0 cm³/mol. The van der Waals surface area contributed by atoms with E-state index in [-0.39, 0.29) is 5.91 Å². The van der Waals surface area contributed by atoms with Crippen LogP contribution >= 0.6 is 27.3 Å². The van der Waals surface area contributed by atoms with E-state index in [1.165, 1.54) is 0 Å². The molecular weight excluding hydrogens is 364 g/mol. The Labute approximate surface area is 143 Å². The standard InChI is InChI=1S/C16H21BrN2O2S/c1-4-21-8-7-19-13-6-5-12(17)10-14(13)22-16(19)18-15(20)9-11(2)3/h5-6,10-11H,4,7-9H2,1-3H3. The van der Waals surface area contributed by atoms with E-state index < -0.39 is 0 Å². The Morgan fingerprint density at radius 3 is 2.91 bits per heavy atom. The van der Waals surface area contributed by atoms with E-state index in [0.717, 1.165) is 19.5 Å². The molecule has 2 aromatic rings. The number of hydrogen-bond donors (Lipinski definition) is 0. The van der Waals surface area contributed by atoms with Gasteiger partial charge in [-0.05, 0) is 31.0 Å². The van der Waals surface area contributed by atoms with Gasteiger partial charge in [0.1, 0.15) is 0 Å². The van der Waals surface area contributed by atoms with Gasteiger partial charge in [-0.25, -0.2) is 0 Å². The van der Waals surface area contributed by atoms with Crippen molar-refractivity contribution >= 4 is 43.4 Å². The van der Waals surface area contributed by atoms with Gasteiger partial charge in [-0.2, -0.15) is 4.99 Å². The number of benzene rings is 1. The van der Waals surface area contributed by atoms with Gasteiger partial charge in [-0.15, -0.1) is 0 Å². The maximum absolute atomic E-state index is 12.0. The molecule has 22 heavy (non-hydrogen) atoms. The second kappa shape index (κ2) is 8.04. The largest absolute Gasteiger partial charge is 0.380 e. The molecule has 0 radical (unpaired) electrons. The van der Waals surface area contributed by atoms with Crippen LogP contribution in [0.15, 0.2) is 27.7 Å². The van der Waals surface area contributed by atoms with Crippen LogP contribution in [-0.2, 0) is 16.1 Å². The van der Waals surface area contributed by atoms with E-state index in [0.29, 0.717) is 32.1 Å². The topological polar surface area (TPSA) is 43.6 Å². The zero-order valence-corrected chi connectivity index (χ0v) is 15.5. The summed E-state index contributed by atoms with van der Waals surface area (Å²) >= 11 is 5.03. The minimum absolute atomic E-state index is 0.0641. The van der Waals surface area contributed by atoms with Gasteiger partial charge in [0.05, 0.1) is 16.8 Å². The SMILES string of the molecule is CCOCCn1c(=NC(=O)CC(C)C)sc2cc(Br)ccc21. The highest BCUT2D eigenvalue weighted by atomic mass is 79.9. The summed E-state index contributed by atoms with van der Waals surface area (Å²) in [6.07, 6.45) is 0.476. The minimum Gasteiger partial charge on any atom is -0.380 e. The van der Waals surface area contributed by atoms with Crippen molar-refractivity contribution in [3.05, 3.63) is 27.5 Å². The van der Waals surface area contributed by atoms with Gasteiger partial charge in [-0.3, -0.25) is 4.79 Å². The van der Waals surface area contributed by atoms with Gasteiger partial charge in [0, 0.05) is 24.0 Å². The summed E-state index contributed by atoms with van der Waals surface area (Å²) in [5, 5.41) is 0. The lowest BCUT2D eigenvalue weighted by Crippen LogP contribution is -2.20. The average Bonchev–Trinajstić information content (AvgIpc) is 2.75. The Kier molecular flexibility index (Phi) is 6.35. The number of nitrogens with zero attached hydrogens (tertiary/aromatic N) is 2. The van der Waals surface area contributed by atoms with Gasteiger partial charge >= 0.3 is 0 Å². The number of hydrogen-bond acceptors (Lipinski definition) is 3. The normalized spacial score (nSPS) is 12.5. The molecule has 0 fully saturated rings. The van der Waals surface area contributed by atoms with E-state index in [1.54, 1.807) is 11.3 Å². The molecule has 6 heteroatoms. The first-order valence-corrected chi connectivity index (χ1v) is 9.06. The molecule has 0 aliphatic carbocycles. The molecule has 1 amide bonds. The van der Waals surface area contributed by atoms with E-state index in [1.807, 2.05) is 32.9 Å². The number of halogens is 1. The Morgan fingerprint density at radius 1 is 1.45 bits per heavy atom. The summed E-state index contributed by atoms with van der Waals surface area (Å²) in [4.78, 5) is 17.1. The van der Waals surface area contributed by atoms with Crippen LogP contribution in [0.4, 0.5) is 0 Å². The van der Waals surface area contributed by atoms with Crippen LogP contribution in [0.25, 0.3) is 10.2 Å². The first-order valence-electron chi connectivity index (χ1n) is 7.45. The molecule has 1 heterocycles. The van der Waals surface area contributed by atoms with Crippen molar-refractivity contribution in [2.24, 2.45) is 10.9 Å². The highest BCUT2D eigenvalue weighted by molar-refractivity contribution is 9.10. The predicted octanol–water partition coefficient (Wildman–Crippen LogP) is 3.98. The summed E-state index contributed by atoms with van der Waals surface area (Å²) in [6, 6.07) is 6.11. The van der Waals surface area contributed by atoms with Crippen LogP contribution in [0.5, 0.6) is 0 Å². The van der Waals surface area contributed by atoms with Crippen molar-refractivity contribution in [1.82, 2.24) is 4.57 Å². The minimum atomic E-state index is -0.0641. The fourth-order valence-corrected chi connectivity index (χ4v) is 3.78. The third-order valence-electron chi connectivity index (χ3n) is 3.11. The highest BCUT2D eigenvalue weighted by Crippen LogP contribution is 2.22. The third-order valence-corrected chi connectivity index (χ3v) is 4.65. The monoisotopic (exact) mass is 384 g/mol. The lowest BCUT2D eigenvalue weighted by Gasteiger charge is -2.05. The summed E-state index contributed by atoms with van der Waals surface area (Å²) in [5.74, 6) is 0.252. The van der Waals surface area contributed by atoms with Crippen LogP contribution in [0, 0.1) is 5.92 Å². The third kappa shape index (κ3) is 4.51. The molecule has 1 aromatic carbocycles. The Bertz CT molecular complexity index is 718. The molecule has 0 saturated carbocycles. The van der Waals surface area contributed by atoms with Crippen LogP contribution in [-0.4, -0.2) is 23.7 Å². The van der Waals surface area contributed by atoms with Crippen LogP contribution in [0.1, 0.15) is 27.2 Å². The fraction of sp³-hybridized carbons (Fsp3) is 0.500. The molecule has 0 spiro atoms. The molecule has 120 valence electrons. The Balaban J connectivity index is 2.44. The van der Waals surface area contributed by atoms with Gasteiger partial charge < -0.3 is 9.30 Å². The second-order valence-electron chi connectivity index (χ2n) is 5.45. The van der Waals surface area contributed by atoms with Crippen molar-refractivity contribution in [2.75, 3.05) is 13.2 Å². The summed E-state index contributed by atoms with van der Waals surface area (Å²) in [5.41, 5.74) is 1.09. The van der Waals surface area contributed by atoms with E-state index in [4.69, 9.17) is 4.74 Å². The fourth-order valence-electron chi connectivity index (χ4n) is 2.15. The lowest BCUT2D eigenvalue weighted by molar-refractivity contribution is -0.118. The summed E-state index contributed by atoms with van der Waals surface area (Å²) in [7, 11) is 0. The molecule has 1 aromatic heterocycles. The molecule has 0 N–H and O–H groups in total. The van der Waals surface area contributed by atoms with Crippen LogP contribution in [0.3, 0.4) is 0 Å².